The third-order valence-electron chi connectivity index (χ3n) is 2.94. The van der Waals surface area contributed by atoms with Gasteiger partial charge in [0.1, 0.15) is 5.82 Å². The van der Waals surface area contributed by atoms with Crippen LogP contribution >= 0.6 is 0 Å². The van der Waals surface area contributed by atoms with E-state index in [9.17, 15) is 14.0 Å². The van der Waals surface area contributed by atoms with E-state index in [4.69, 9.17) is 5.73 Å². The Morgan fingerprint density at radius 2 is 1.68 bits per heavy atom. The molecular weight excluding hydrogens is 285 g/mol. The average molecular weight is 301 g/mol. The smallest absolute Gasteiger partial charge is 0.316 e. The molecule has 0 aromatic heterocycles. The summed E-state index contributed by atoms with van der Waals surface area (Å²) in [6.07, 6.45) is 0.680. The molecule has 5 nitrogen and oxygen atoms in total. The SMILES string of the molecule is NC(=O)Nc1cccc(NC(=O)CCc2cccc(F)c2)c1. The van der Waals surface area contributed by atoms with Gasteiger partial charge in [0.05, 0.1) is 0 Å². The molecule has 0 aliphatic carbocycles. The maximum atomic E-state index is 13.0. The molecule has 4 N–H and O–H groups in total. The highest BCUT2D eigenvalue weighted by Gasteiger charge is 2.05. The van der Waals surface area contributed by atoms with E-state index in [1.54, 1.807) is 36.4 Å². The van der Waals surface area contributed by atoms with E-state index in [1.165, 1.54) is 12.1 Å². The lowest BCUT2D eigenvalue weighted by Gasteiger charge is -2.08. The van der Waals surface area contributed by atoms with Crippen LogP contribution in [0.4, 0.5) is 20.6 Å². The van der Waals surface area contributed by atoms with Crippen molar-refractivity contribution in [3.05, 3.63) is 59.9 Å². The van der Waals surface area contributed by atoms with Gasteiger partial charge in [-0.05, 0) is 42.3 Å². The lowest BCUT2D eigenvalue weighted by Crippen LogP contribution is -2.19. The Hall–Kier alpha value is -2.89. The molecule has 0 saturated heterocycles. The lowest BCUT2D eigenvalue weighted by molar-refractivity contribution is -0.116. The van der Waals surface area contributed by atoms with Crippen LogP contribution in [0.3, 0.4) is 0 Å². The van der Waals surface area contributed by atoms with Crippen LogP contribution in [-0.4, -0.2) is 11.9 Å². The van der Waals surface area contributed by atoms with Gasteiger partial charge in [0.15, 0.2) is 0 Å². The van der Waals surface area contributed by atoms with Crippen LogP contribution in [0.2, 0.25) is 0 Å². The summed E-state index contributed by atoms with van der Waals surface area (Å²) in [7, 11) is 0. The molecule has 3 amide bonds. The Morgan fingerprint density at radius 3 is 2.36 bits per heavy atom. The summed E-state index contributed by atoms with van der Waals surface area (Å²) in [5.74, 6) is -0.511. The molecule has 2 aromatic rings. The van der Waals surface area contributed by atoms with Gasteiger partial charge in [0.2, 0.25) is 5.91 Å². The molecule has 0 heterocycles. The first-order valence-electron chi connectivity index (χ1n) is 6.74. The maximum absolute atomic E-state index is 13.0. The number of carbonyl (C=O) groups is 2. The maximum Gasteiger partial charge on any atom is 0.316 e. The third-order valence-corrected chi connectivity index (χ3v) is 2.94. The zero-order valence-electron chi connectivity index (χ0n) is 11.8. The van der Waals surface area contributed by atoms with E-state index in [0.29, 0.717) is 17.8 Å². The second-order valence-electron chi connectivity index (χ2n) is 4.75. The minimum absolute atomic E-state index is 0.194. The fraction of sp³-hybridized carbons (Fsp3) is 0.125. The fourth-order valence-electron chi connectivity index (χ4n) is 1.99. The third kappa shape index (κ3) is 4.90. The fourth-order valence-corrected chi connectivity index (χ4v) is 1.99. The van der Waals surface area contributed by atoms with Gasteiger partial charge in [-0.1, -0.05) is 18.2 Å². The summed E-state index contributed by atoms with van der Waals surface area (Å²) in [6, 6.07) is 12.1. The summed E-state index contributed by atoms with van der Waals surface area (Å²) < 4.78 is 13.0. The second-order valence-corrected chi connectivity index (χ2v) is 4.75. The van der Waals surface area contributed by atoms with Gasteiger partial charge in [-0.3, -0.25) is 4.79 Å². The highest BCUT2D eigenvalue weighted by molar-refractivity contribution is 5.93. The number of carbonyl (C=O) groups excluding carboxylic acids is 2. The molecule has 0 aliphatic heterocycles. The molecule has 22 heavy (non-hydrogen) atoms. The van der Waals surface area contributed by atoms with E-state index in [0.717, 1.165) is 5.56 Å². The summed E-state index contributed by atoms with van der Waals surface area (Å²) in [5, 5.41) is 5.14. The number of primary amides is 1. The predicted molar refractivity (Wildman–Crippen MR) is 83.0 cm³/mol. The molecule has 0 unspecified atom stereocenters. The monoisotopic (exact) mass is 301 g/mol. The van der Waals surface area contributed by atoms with E-state index in [1.807, 2.05) is 0 Å². The van der Waals surface area contributed by atoms with Gasteiger partial charge in [0, 0.05) is 17.8 Å². The number of benzene rings is 2. The van der Waals surface area contributed by atoms with E-state index < -0.39 is 6.03 Å². The van der Waals surface area contributed by atoms with Crippen molar-refractivity contribution in [2.75, 3.05) is 10.6 Å². The molecule has 114 valence electrons. The Balaban J connectivity index is 1.90. The Kier molecular flexibility index (Phi) is 5.08. The van der Waals surface area contributed by atoms with Crippen LogP contribution in [0.15, 0.2) is 48.5 Å². The number of hydrogen-bond donors (Lipinski definition) is 3. The van der Waals surface area contributed by atoms with Gasteiger partial charge < -0.3 is 16.4 Å². The van der Waals surface area contributed by atoms with Gasteiger partial charge >= 0.3 is 6.03 Å². The second kappa shape index (κ2) is 7.21. The molecule has 6 heteroatoms. The molecule has 0 radical (unpaired) electrons. The van der Waals surface area contributed by atoms with Gasteiger partial charge in [0.25, 0.3) is 0 Å². The van der Waals surface area contributed by atoms with Crippen LogP contribution in [0.25, 0.3) is 0 Å². The van der Waals surface area contributed by atoms with Crippen LogP contribution in [0.1, 0.15) is 12.0 Å². The van der Waals surface area contributed by atoms with Gasteiger partial charge in [-0.2, -0.15) is 0 Å². The number of urea groups is 1. The molecule has 0 aliphatic rings. The topological polar surface area (TPSA) is 84.2 Å². The largest absolute Gasteiger partial charge is 0.351 e. The Bertz CT molecular complexity index is 689. The van der Waals surface area contributed by atoms with Crippen LogP contribution in [0.5, 0.6) is 0 Å². The number of rotatable bonds is 5. The molecule has 0 spiro atoms. The standard InChI is InChI=1S/C16H16FN3O2/c17-12-4-1-3-11(9-12)7-8-15(21)19-13-5-2-6-14(10-13)20-16(18)22/h1-6,9-10H,7-8H2,(H,19,21)(H3,18,20,22). The summed E-state index contributed by atoms with van der Waals surface area (Å²) in [6.45, 7) is 0. The highest BCUT2D eigenvalue weighted by atomic mass is 19.1. The number of aryl methyl sites for hydroxylation is 1. The summed E-state index contributed by atoms with van der Waals surface area (Å²) in [4.78, 5) is 22.7. The van der Waals surface area contributed by atoms with Crippen molar-refractivity contribution in [2.45, 2.75) is 12.8 Å². The zero-order valence-corrected chi connectivity index (χ0v) is 11.8. The number of nitrogens with one attached hydrogen (secondary N) is 2. The minimum atomic E-state index is -0.672. The molecule has 0 saturated carbocycles. The summed E-state index contributed by atoms with van der Waals surface area (Å²) >= 11 is 0. The van der Waals surface area contributed by atoms with Crippen LogP contribution in [0, 0.1) is 5.82 Å². The van der Waals surface area contributed by atoms with Gasteiger partial charge in [-0.25, -0.2) is 9.18 Å². The summed E-state index contributed by atoms with van der Waals surface area (Å²) in [5.41, 5.74) is 6.84. The van der Waals surface area contributed by atoms with Crippen molar-refractivity contribution in [3.8, 4) is 0 Å². The van der Waals surface area contributed by atoms with E-state index in [-0.39, 0.29) is 18.1 Å². The lowest BCUT2D eigenvalue weighted by atomic mass is 10.1. The van der Waals surface area contributed by atoms with Crippen molar-refractivity contribution < 1.29 is 14.0 Å². The molecule has 0 bridgehead atoms. The Labute approximate surface area is 127 Å². The van der Waals surface area contributed by atoms with Crippen molar-refractivity contribution in [2.24, 2.45) is 5.73 Å². The van der Waals surface area contributed by atoms with Crippen molar-refractivity contribution >= 4 is 23.3 Å². The normalized spacial score (nSPS) is 10.0. The van der Waals surface area contributed by atoms with E-state index in [2.05, 4.69) is 10.6 Å². The quantitative estimate of drug-likeness (QED) is 0.793. The average Bonchev–Trinajstić information content (AvgIpc) is 2.45. The van der Waals surface area contributed by atoms with Crippen molar-refractivity contribution in [3.63, 3.8) is 0 Å². The van der Waals surface area contributed by atoms with Crippen molar-refractivity contribution in [1.29, 1.82) is 0 Å². The Morgan fingerprint density at radius 1 is 1.00 bits per heavy atom. The highest BCUT2D eigenvalue weighted by Crippen LogP contribution is 2.15. The van der Waals surface area contributed by atoms with Crippen LogP contribution < -0.4 is 16.4 Å². The minimum Gasteiger partial charge on any atom is -0.351 e. The zero-order chi connectivity index (χ0) is 15.9. The molecule has 0 atom stereocenters. The number of halogens is 1. The molecule has 2 rings (SSSR count). The van der Waals surface area contributed by atoms with Crippen LogP contribution in [-0.2, 0) is 11.2 Å². The number of nitrogens with two attached hydrogens (primary N) is 1. The molecular formula is C16H16FN3O2. The molecule has 2 aromatic carbocycles. The first-order chi connectivity index (χ1) is 10.5. The predicted octanol–water partition coefficient (Wildman–Crippen LogP) is 2.89. The first kappa shape index (κ1) is 15.5. The van der Waals surface area contributed by atoms with E-state index >= 15 is 0 Å². The van der Waals surface area contributed by atoms with Crippen molar-refractivity contribution in [1.82, 2.24) is 0 Å². The number of anilines is 2. The van der Waals surface area contributed by atoms with Gasteiger partial charge in [-0.15, -0.1) is 0 Å². The number of amides is 3. The first-order valence-corrected chi connectivity index (χ1v) is 6.74. The molecule has 0 fully saturated rings. The number of hydrogen-bond acceptors (Lipinski definition) is 2.